The number of Topliss-reactive ketones (excluding diaryl/α,β-unsaturated/α-hetero) is 1. The van der Waals surface area contributed by atoms with Crippen molar-refractivity contribution in [2.45, 2.75) is 71.4 Å². The number of aryl methyl sites for hydroxylation is 1. The first-order valence-corrected chi connectivity index (χ1v) is 8.15. The molecule has 0 unspecified atom stereocenters. The van der Waals surface area contributed by atoms with Gasteiger partial charge in [-0.1, -0.05) is 13.8 Å². The van der Waals surface area contributed by atoms with E-state index in [1.807, 2.05) is 11.6 Å². The first-order valence-electron chi connectivity index (χ1n) is 8.15. The van der Waals surface area contributed by atoms with E-state index in [-0.39, 0.29) is 5.78 Å². The molecule has 1 aliphatic carbocycles. The molecule has 1 fully saturated rings. The average molecular weight is 293 g/mol. The molecule has 1 aliphatic rings. The third-order valence-electron chi connectivity index (χ3n) is 4.46. The molecular weight excluding hydrogens is 266 g/mol. The summed E-state index contributed by atoms with van der Waals surface area (Å²) in [5, 5.41) is 4.20. The number of nitrogens with zero attached hydrogens (tertiary/aromatic N) is 3. The Hall–Kier alpha value is -1.23. The molecule has 1 aromatic rings. The fraction of sp³-hybridized carbons (Fsp3) is 0.812. The number of hydrogen-bond acceptors (Lipinski definition) is 4. The molecule has 1 heterocycles. The normalized spacial score (nSPS) is 26.0. The molecule has 0 saturated heterocycles. The van der Waals surface area contributed by atoms with E-state index in [9.17, 15) is 4.79 Å². The highest BCUT2D eigenvalue weighted by Crippen LogP contribution is 2.36. The summed E-state index contributed by atoms with van der Waals surface area (Å²) in [5.41, 5.74) is -0.593. The molecule has 21 heavy (non-hydrogen) atoms. The summed E-state index contributed by atoms with van der Waals surface area (Å²) in [4.78, 5) is 17.1. The average Bonchev–Trinajstić information content (AvgIpc) is 2.89. The van der Waals surface area contributed by atoms with Gasteiger partial charge in [-0.3, -0.25) is 4.79 Å². The van der Waals surface area contributed by atoms with Crippen molar-refractivity contribution in [3.8, 4) is 0 Å². The lowest BCUT2D eigenvalue weighted by Gasteiger charge is -2.37. The number of aromatic nitrogens is 3. The minimum absolute atomic E-state index is 0.168. The Balaban J connectivity index is 2.10. The van der Waals surface area contributed by atoms with Crippen LogP contribution >= 0.6 is 0 Å². The maximum Gasteiger partial charge on any atom is 0.172 e. The Morgan fingerprint density at radius 2 is 2.14 bits per heavy atom. The van der Waals surface area contributed by atoms with Gasteiger partial charge in [-0.05, 0) is 44.9 Å². The summed E-state index contributed by atoms with van der Waals surface area (Å²) in [6.45, 7) is 7.70. The van der Waals surface area contributed by atoms with Crippen LogP contribution < -0.4 is 0 Å². The highest BCUT2D eigenvalue weighted by atomic mass is 16.5. The number of carbonyl (C=O) groups is 1. The molecule has 1 aromatic heterocycles. The predicted molar refractivity (Wildman–Crippen MR) is 81.0 cm³/mol. The van der Waals surface area contributed by atoms with Crippen LogP contribution in [0.1, 0.15) is 58.7 Å². The predicted octanol–water partition coefficient (Wildman–Crippen LogP) is 2.79. The van der Waals surface area contributed by atoms with E-state index < -0.39 is 5.60 Å². The lowest BCUT2D eigenvalue weighted by atomic mass is 9.76. The molecule has 0 N–H and O–H groups in total. The molecule has 0 atom stereocenters. The molecule has 1 saturated carbocycles. The van der Waals surface area contributed by atoms with Crippen LogP contribution in [0.2, 0.25) is 0 Å². The molecule has 2 rings (SSSR count). The van der Waals surface area contributed by atoms with E-state index in [0.29, 0.717) is 18.9 Å². The van der Waals surface area contributed by atoms with Crippen LogP contribution in [0, 0.1) is 5.92 Å². The van der Waals surface area contributed by atoms with Gasteiger partial charge in [0.05, 0.1) is 6.42 Å². The van der Waals surface area contributed by atoms with Crippen LogP contribution in [-0.2, 0) is 22.5 Å². The molecule has 118 valence electrons. The second-order valence-corrected chi connectivity index (χ2v) is 6.11. The van der Waals surface area contributed by atoms with Crippen molar-refractivity contribution < 1.29 is 9.53 Å². The molecule has 0 bridgehead atoms. The Morgan fingerprint density at radius 1 is 1.43 bits per heavy atom. The number of ether oxygens (including phenoxy) is 1. The van der Waals surface area contributed by atoms with Crippen molar-refractivity contribution >= 4 is 5.78 Å². The topological polar surface area (TPSA) is 57.0 Å². The number of ketones is 1. The first-order chi connectivity index (χ1) is 10.1. The van der Waals surface area contributed by atoms with Gasteiger partial charge in [-0.25, -0.2) is 9.67 Å². The second-order valence-electron chi connectivity index (χ2n) is 6.11. The maximum atomic E-state index is 12.8. The quantitative estimate of drug-likeness (QED) is 0.775. The Kier molecular flexibility index (Phi) is 5.51. The third-order valence-corrected chi connectivity index (χ3v) is 4.46. The van der Waals surface area contributed by atoms with E-state index in [1.54, 1.807) is 0 Å². The molecule has 5 heteroatoms. The lowest BCUT2D eigenvalue weighted by molar-refractivity contribution is -0.149. The fourth-order valence-electron chi connectivity index (χ4n) is 3.14. The minimum Gasteiger partial charge on any atom is -0.367 e. The monoisotopic (exact) mass is 293 g/mol. The van der Waals surface area contributed by atoms with Gasteiger partial charge in [-0.2, -0.15) is 5.10 Å². The molecule has 0 radical (unpaired) electrons. The van der Waals surface area contributed by atoms with E-state index in [4.69, 9.17) is 4.74 Å². The standard InChI is InChI=1S/C16H27N3O2/c1-4-10-19-15(17-12-18-19)11-14(20)16(21-5-2)8-6-13(3)7-9-16/h12-13H,4-11H2,1-3H3. The fourth-order valence-corrected chi connectivity index (χ4v) is 3.14. The molecule has 5 nitrogen and oxygen atoms in total. The van der Waals surface area contributed by atoms with Gasteiger partial charge in [0.1, 0.15) is 17.8 Å². The zero-order valence-electron chi connectivity index (χ0n) is 13.5. The van der Waals surface area contributed by atoms with Crippen molar-refractivity contribution in [3.63, 3.8) is 0 Å². The Morgan fingerprint density at radius 3 is 2.76 bits per heavy atom. The van der Waals surface area contributed by atoms with Gasteiger partial charge in [0.15, 0.2) is 5.78 Å². The van der Waals surface area contributed by atoms with E-state index in [2.05, 4.69) is 23.9 Å². The summed E-state index contributed by atoms with van der Waals surface area (Å²) < 4.78 is 7.76. The lowest BCUT2D eigenvalue weighted by Crippen LogP contribution is -2.45. The van der Waals surface area contributed by atoms with Crippen molar-refractivity contribution in [1.29, 1.82) is 0 Å². The summed E-state index contributed by atoms with van der Waals surface area (Å²) >= 11 is 0. The van der Waals surface area contributed by atoms with Gasteiger partial charge >= 0.3 is 0 Å². The molecule has 0 aromatic carbocycles. The maximum absolute atomic E-state index is 12.8. The van der Waals surface area contributed by atoms with Crippen LogP contribution in [0.5, 0.6) is 0 Å². The highest BCUT2D eigenvalue weighted by molar-refractivity contribution is 5.88. The zero-order chi connectivity index (χ0) is 15.3. The number of rotatable bonds is 7. The molecule has 0 aliphatic heterocycles. The van der Waals surface area contributed by atoms with Gasteiger partial charge in [0.2, 0.25) is 0 Å². The third kappa shape index (κ3) is 3.70. The summed E-state index contributed by atoms with van der Waals surface area (Å²) in [6, 6.07) is 0. The first kappa shape index (κ1) is 16.1. The van der Waals surface area contributed by atoms with Crippen molar-refractivity contribution in [3.05, 3.63) is 12.2 Å². The van der Waals surface area contributed by atoms with Crippen LogP contribution in [0.15, 0.2) is 6.33 Å². The van der Waals surface area contributed by atoms with Crippen LogP contribution in [0.3, 0.4) is 0 Å². The van der Waals surface area contributed by atoms with Gasteiger partial charge in [0, 0.05) is 13.2 Å². The zero-order valence-corrected chi connectivity index (χ0v) is 13.5. The van der Waals surface area contributed by atoms with Crippen molar-refractivity contribution in [1.82, 2.24) is 14.8 Å². The number of hydrogen-bond donors (Lipinski definition) is 0. The highest BCUT2D eigenvalue weighted by Gasteiger charge is 2.41. The van der Waals surface area contributed by atoms with Crippen molar-refractivity contribution in [2.24, 2.45) is 5.92 Å². The van der Waals surface area contributed by atoms with Gasteiger partial charge in [0.25, 0.3) is 0 Å². The minimum atomic E-state index is -0.593. The van der Waals surface area contributed by atoms with E-state index in [1.165, 1.54) is 6.33 Å². The summed E-state index contributed by atoms with van der Waals surface area (Å²) in [5.74, 6) is 1.62. The van der Waals surface area contributed by atoms with Crippen LogP contribution in [0.4, 0.5) is 0 Å². The molecule has 0 amide bonds. The van der Waals surface area contributed by atoms with E-state index >= 15 is 0 Å². The molecular formula is C16H27N3O2. The van der Waals surface area contributed by atoms with Crippen LogP contribution in [0.25, 0.3) is 0 Å². The Labute approximate surface area is 127 Å². The van der Waals surface area contributed by atoms with Crippen molar-refractivity contribution in [2.75, 3.05) is 6.61 Å². The Bertz CT molecular complexity index is 462. The number of carbonyl (C=O) groups excluding carboxylic acids is 1. The van der Waals surface area contributed by atoms with Gasteiger partial charge < -0.3 is 4.74 Å². The largest absolute Gasteiger partial charge is 0.367 e. The molecule has 0 spiro atoms. The second kappa shape index (κ2) is 7.16. The smallest absolute Gasteiger partial charge is 0.172 e. The van der Waals surface area contributed by atoms with Gasteiger partial charge in [-0.15, -0.1) is 0 Å². The summed E-state index contributed by atoms with van der Waals surface area (Å²) in [6.07, 6.45) is 6.65. The SMILES string of the molecule is CCCn1ncnc1CC(=O)C1(OCC)CCC(C)CC1. The van der Waals surface area contributed by atoms with Crippen LogP contribution in [-0.4, -0.2) is 32.8 Å². The summed E-state index contributed by atoms with van der Waals surface area (Å²) in [7, 11) is 0. The van der Waals surface area contributed by atoms with E-state index in [0.717, 1.165) is 44.5 Å².